The first-order chi connectivity index (χ1) is 14.4. The van der Waals surface area contributed by atoms with Crippen molar-refractivity contribution < 1.29 is 9.59 Å². The van der Waals surface area contributed by atoms with Crippen molar-refractivity contribution in [1.29, 1.82) is 0 Å². The predicted octanol–water partition coefficient (Wildman–Crippen LogP) is 2.30. The number of benzene rings is 2. The van der Waals surface area contributed by atoms with Crippen LogP contribution in [-0.4, -0.2) is 21.4 Å². The third kappa shape index (κ3) is 3.77. The molecule has 152 valence electrons. The molecule has 1 aromatic heterocycles. The molecule has 8 nitrogen and oxygen atoms in total. The SMILES string of the molecule is O=C1C[C@H](C(=O)Nc2ccccc2Cl)c2c(n(Cc3ccccc3)c(=O)[nH]c2=O)N1. The maximum absolute atomic E-state index is 12.9. The molecule has 30 heavy (non-hydrogen) atoms. The van der Waals surface area contributed by atoms with Gasteiger partial charge in [-0.2, -0.15) is 0 Å². The van der Waals surface area contributed by atoms with Gasteiger partial charge in [0.1, 0.15) is 5.82 Å². The highest BCUT2D eigenvalue weighted by Crippen LogP contribution is 2.31. The number of nitrogens with zero attached hydrogens (tertiary/aromatic N) is 1. The topological polar surface area (TPSA) is 113 Å². The van der Waals surface area contributed by atoms with E-state index in [1.807, 2.05) is 30.3 Å². The number of aromatic nitrogens is 2. The number of hydrogen-bond donors (Lipinski definition) is 3. The number of fused-ring (bicyclic) bond motifs is 1. The molecule has 0 fully saturated rings. The summed E-state index contributed by atoms with van der Waals surface area (Å²) >= 11 is 6.10. The molecule has 1 atom stereocenters. The van der Waals surface area contributed by atoms with Crippen molar-refractivity contribution >= 4 is 34.9 Å². The van der Waals surface area contributed by atoms with Crippen molar-refractivity contribution in [2.45, 2.75) is 18.9 Å². The summed E-state index contributed by atoms with van der Waals surface area (Å²) in [5.74, 6) is -2.07. The normalized spacial score (nSPS) is 15.2. The van der Waals surface area contributed by atoms with Crippen LogP contribution in [0.15, 0.2) is 64.2 Å². The zero-order chi connectivity index (χ0) is 21.3. The maximum Gasteiger partial charge on any atom is 0.330 e. The minimum Gasteiger partial charge on any atom is -0.324 e. The summed E-state index contributed by atoms with van der Waals surface area (Å²) < 4.78 is 1.25. The van der Waals surface area contributed by atoms with Gasteiger partial charge in [0.25, 0.3) is 5.56 Å². The number of carbonyl (C=O) groups is 2. The molecule has 0 radical (unpaired) electrons. The molecule has 2 heterocycles. The van der Waals surface area contributed by atoms with E-state index in [0.29, 0.717) is 10.7 Å². The van der Waals surface area contributed by atoms with Crippen LogP contribution in [0.4, 0.5) is 11.5 Å². The summed E-state index contributed by atoms with van der Waals surface area (Å²) in [4.78, 5) is 52.6. The highest BCUT2D eigenvalue weighted by atomic mass is 35.5. The molecule has 1 aliphatic rings. The third-order valence-corrected chi connectivity index (χ3v) is 5.19. The molecule has 2 aromatic carbocycles. The molecule has 0 saturated heterocycles. The lowest BCUT2D eigenvalue weighted by Gasteiger charge is -2.26. The Labute approximate surface area is 175 Å². The highest BCUT2D eigenvalue weighted by molar-refractivity contribution is 6.33. The van der Waals surface area contributed by atoms with Gasteiger partial charge >= 0.3 is 5.69 Å². The van der Waals surface area contributed by atoms with E-state index in [1.54, 1.807) is 24.3 Å². The third-order valence-electron chi connectivity index (χ3n) is 4.86. The van der Waals surface area contributed by atoms with E-state index in [4.69, 9.17) is 11.6 Å². The van der Waals surface area contributed by atoms with Crippen LogP contribution in [0.25, 0.3) is 0 Å². The van der Waals surface area contributed by atoms with Gasteiger partial charge in [0.15, 0.2) is 0 Å². The van der Waals surface area contributed by atoms with E-state index in [2.05, 4.69) is 15.6 Å². The Morgan fingerprint density at radius 2 is 1.77 bits per heavy atom. The van der Waals surface area contributed by atoms with Crippen molar-refractivity contribution in [3.63, 3.8) is 0 Å². The van der Waals surface area contributed by atoms with Gasteiger partial charge in [0.2, 0.25) is 11.8 Å². The van der Waals surface area contributed by atoms with Crippen molar-refractivity contribution in [3.8, 4) is 0 Å². The fourth-order valence-electron chi connectivity index (χ4n) is 3.44. The van der Waals surface area contributed by atoms with Crippen molar-refractivity contribution in [1.82, 2.24) is 9.55 Å². The van der Waals surface area contributed by atoms with E-state index in [9.17, 15) is 19.2 Å². The summed E-state index contributed by atoms with van der Waals surface area (Å²) in [6.07, 6.45) is -0.226. The molecule has 2 amide bonds. The van der Waals surface area contributed by atoms with Crippen LogP contribution in [0.1, 0.15) is 23.5 Å². The quantitative estimate of drug-likeness (QED) is 0.596. The van der Waals surface area contributed by atoms with Gasteiger partial charge in [-0.1, -0.05) is 54.1 Å². The standard InChI is InChI=1S/C21H17ClN4O4/c22-14-8-4-5-9-15(14)23-19(28)13-10-16(27)24-18-17(13)20(29)25-21(30)26(18)11-12-6-2-1-3-7-12/h1-9,13H,10-11H2,(H,23,28)(H,24,27)(H,25,29,30)/t13-/m0/s1. The lowest BCUT2D eigenvalue weighted by Crippen LogP contribution is -2.42. The molecule has 0 bridgehead atoms. The average molecular weight is 425 g/mol. The molecule has 0 saturated carbocycles. The Morgan fingerprint density at radius 1 is 1.07 bits per heavy atom. The number of amides is 2. The van der Waals surface area contributed by atoms with Crippen LogP contribution in [0, 0.1) is 0 Å². The van der Waals surface area contributed by atoms with Gasteiger partial charge in [0, 0.05) is 6.42 Å². The van der Waals surface area contributed by atoms with Gasteiger partial charge in [-0.15, -0.1) is 0 Å². The number of rotatable bonds is 4. The number of aromatic amines is 1. The van der Waals surface area contributed by atoms with E-state index < -0.39 is 29.0 Å². The number of para-hydroxylation sites is 1. The first-order valence-electron chi connectivity index (χ1n) is 9.20. The fraction of sp³-hybridized carbons (Fsp3) is 0.143. The number of anilines is 2. The zero-order valence-corrected chi connectivity index (χ0v) is 16.4. The molecule has 4 rings (SSSR count). The van der Waals surface area contributed by atoms with Crippen molar-refractivity contribution in [2.24, 2.45) is 0 Å². The predicted molar refractivity (Wildman–Crippen MR) is 113 cm³/mol. The monoisotopic (exact) mass is 424 g/mol. The number of hydrogen-bond acceptors (Lipinski definition) is 4. The Balaban J connectivity index is 1.77. The lowest BCUT2D eigenvalue weighted by atomic mass is 9.92. The lowest BCUT2D eigenvalue weighted by molar-refractivity contribution is -0.123. The number of H-pyrrole nitrogens is 1. The fourth-order valence-corrected chi connectivity index (χ4v) is 3.62. The second-order valence-electron chi connectivity index (χ2n) is 6.87. The van der Waals surface area contributed by atoms with Crippen LogP contribution in [0.5, 0.6) is 0 Å². The first-order valence-corrected chi connectivity index (χ1v) is 9.58. The van der Waals surface area contributed by atoms with Gasteiger partial charge < -0.3 is 10.6 Å². The number of halogens is 1. The molecule has 1 aliphatic heterocycles. The van der Waals surface area contributed by atoms with E-state index in [-0.39, 0.29) is 24.3 Å². The summed E-state index contributed by atoms with van der Waals surface area (Å²) in [6, 6.07) is 15.8. The Bertz CT molecular complexity index is 1250. The minimum absolute atomic E-state index is 0.0307. The van der Waals surface area contributed by atoms with Gasteiger partial charge in [-0.25, -0.2) is 4.79 Å². The van der Waals surface area contributed by atoms with Crippen LogP contribution < -0.4 is 21.9 Å². The number of nitrogens with one attached hydrogen (secondary N) is 3. The van der Waals surface area contributed by atoms with Crippen LogP contribution in [0.3, 0.4) is 0 Å². The van der Waals surface area contributed by atoms with E-state index >= 15 is 0 Å². The molecule has 0 spiro atoms. The summed E-state index contributed by atoms with van der Waals surface area (Å²) in [5, 5.41) is 5.58. The van der Waals surface area contributed by atoms with Gasteiger partial charge in [-0.05, 0) is 17.7 Å². The van der Waals surface area contributed by atoms with Crippen molar-refractivity contribution in [2.75, 3.05) is 10.6 Å². The maximum atomic E-state index is 12.9. The average Bonchev–Trinajstić information content (AvgIpc) is 2.72. The van der Waals surface area contributed by atoms with Crippen molar-refractivity contribution in [3.05, 3.63) is 91.6 Å². The molecule has 0 unspecified atom stereocenters. The molecular weight excluding hydrogens is 408 g/mol. The highest BCUT2D eigenvalue weighted by Gasteiger charge is 2.35. The Hall–Kier alpha value is -3.65. The van der Waals surface area contributed by atoms with Crippen LogP contribution in [-0.2, 0) is 16.1 Å². The number of carbonyl (C=O) groups excluding carboxylic acids is 2. The molecular formula is C21H17ClN4O4. The van der Waals surface area contributed by atoms with Gasteiger partial charge in [0.05, 0.1) is 28.7 Å². The van der Waals surface area contributed by atoms with E-state index in [0.717, 1.165) is 5.56 Å². The second-order valence-corrected chi connectivity index (χ2v) is 7.27. The molecule has 3 N–H and O–H groups in total. The molecule has 0 aliphatic carbocycles. The van der Waals surface area contributed by atoms with E-state index in [1.165, 1.54) is 4.57 Å². The Morgan fingerprint density at radius 3 is 2.50 bits per heavy atom. The zero-order valence-electron chi connectivity index (χ0n) is 15.6. The summed E-state index contributed by atoms with van der Waals surface area (Å²) in [7, 11) is 0. The molecule has 9 heteroatoms. The molecule has 3 aromatic rings. The van der Waals surface area contributed by atoms with Crippen LogP contribution >= 0.6 is 11.6 Å². The smallest absolute Gasteiger partial charge is 0.324 e. The second kappa shape index (κ2) is 8.00. The summed E-state index contributed by atoms with van der Waals surface area (Å²) in [5.41, 5.74) is -0.181. The first kappa shape index (κ1) is 19.7. The largest absolute Gasteiger partial charge is 0.330 e. The van der Waals surface area contributed by atoms with Gasteiger partial charge in [-0.3, -0.25) is 23.9 Å². The van der Waals surface area contributed by atoms with Crippen LogP contribution in [0.2, 0.25) is 5.02 Å². The Kier molecular flexibility index (Phi) is 5.24. The summed E-state index contributed by atoms with van der Waals surface area (Å²) in [6.45, 7) is 0.123. The minimum atomic E-state index is -1.07.